The third kappa shape index (κ3) is 4.80. The molecule has 1 aliphatic rings. The Morgan fingerprint density at radius 3 is 2.16 bits per heavy atom. The molecule has 166 valence electrons. The number of nitrogens with zero attached hydrogens (tertiary/aromatic N) is 1. The number of halogens is 1. The van der Waals surface area contributed by atoms with E-state index in [1.807, 2.05) is 12.1 Å². The maximum absolute atomic E-state index is 12.6. The standard InChI is InChI=1S/C22H24ClNO7/c1-27-17-8-13-5-6-24(11-15(13)10-18(17)28-2)20(25)12-31-22(26)14-7-16(23)21(30-4)19(9-14)29-3/h7-10H,5-6,11-12H2,1-4H3. The lowest BCUT2D eigenvalue weighted by Crippen LogP contribution is -2.38. The van der Waals surface area contributed by atoms with Crippen LogP contribution in [0.5, 0.6) is 23.0 Å². The molecular formula is C22H24ClNO7. The third-order valence-corrected chi connectivity index (χ3v) is 5.35. The second-order valence-electron chi connectivity index (χ2n) is 6.81. The van der Waals surface area contributed by atoms with Gasteiger partial charge < -0.3 is 28.6 Å². The Kier molecular flexibility index (Phi) is 7.12. The molecule has 0 atom stereocenters. The molecule has 1 heterocycles. The molecule has 0 saturated carbocycles. The number of esters is 1. The van der Waals surface area contributed by atoms with Gasteiger partial charge in [0.25, 0.3) is 5.91 Å². The summed E-state index contributed by atoms with van der Waals surface area (Å²) >= 11 is 6.13. The van der Waals surface area contributed by atoms with Crippen molar-refractivity contribution in [1.82, 2.24) is 4.90 Å². The molecule has 0 N–H and O–H groups in total. The fourth-order valence-electron chi connectivity index (χ4n) is 3.43. The Labute approximate surface area is 185 Å². The Morgan fingerprint density at radius 1 is 0.903 bits per heavy atom. The topological polar surface area (TPSA) is 83.5 Å². The molecule has 0 bridgehead atoms. The number of amides is 1. The number of rotatable bonds is 7. The predicted molar refractivity (Wildman–Crippen MR) is 114 cm³/mol. The molecule has 0 spiro atoms. The molecule has 2 aromatic carbocycles. The van der Waals surface area contributed by atoms with E-state index in [0.29, 0.717) is 42.5 Å². The first-order chi connectivity index (χ1) is 14.9. The molecule has 1 aliphatic heterocycles. The summed E-state index contributed by atoms with van der Waals surface area (Å²) in [5.74, 6) is 0.900. The lowest BCUT2D eigenvalue weighted by atomic mass is 9.99. The van der Waals surface area contributed by atoms with Crippen LogP contribution in [0.1, 0.15) is 21.5 Å². The summed E-state index contributed by atoms with van der Waals surface area (Å²) in [6, 6.07) is 6.66. The van der Waals surface area contributed by atoms with Gasteiger partial charge in [0.2, 0.25) is 0 Å². The first-order valence-electron chi connectivity index (χ1n) is 9.52. The first-order valence-corrected chi connectivity index (χ1v) is 9.89. The van der Waals surface area contributed by atoms with Gasteiger partial charge >= 0.3 is 5.97 Å². The van der Waals surface area contributed by atoms with Crippen LogP contribution in [-0.4, -0.2) is 58.4 Å². The van der Waals surface area contributed by atoms with Gasteiger partial charge in [-0.15, -0.1) is 0 Å². The molecule has 0 aliphatic carbocycles. The summed E-state index contributed by atoms with van der Waals surface area (Å²) in [6.07, 6.45) is 0.667. The highest BCUT2D eigenvalue weighted by atomic mass is 35.5. The van der Waals surface area contributed by atoms with E-state index in [1.54, 1.807) is 19.1 Å². The second-order valence-corrected chi connectivity index (χ2v) is 7.22. The molecule has 31 heavy (non-hydrogen) atoms. The molecule has 1 amide bonds. The molecule has 9 heteroatoms. The van der Waals surface area contributed by atoms with Gasteiger partial charge in [-0.05, 0) is 41.8 Å². The summed E-state index contributed by atoms with van der Waals surface area (Å²) in [5, 5.41) is 0.206. The number of methoxy groups -OCH3 is 4. The van der Waals surface area contributed by atoms with Gasteiger partial charge in [-0.1, -0.05) is 11.6 Å². The number of carbonyl (C=O) groups is 2. The third-order valence-electron chi connectivity index (χ3n) is 5.07. The van der Waals surface area contributed by atoms with E-state index in [-0.39, 0.29) is 23.1 Å². The highest BCUT2D eigenvalue weighted by Crippen LogP contribution is 2.36. The normalized spacial score (nSPS) is 12.6. The van der Waals surface area contributed by atoms with Crippen molar-refractivity contribution in [2.24, 2.45) is 0 Å². The van der Waals surface area contributed by atoms with Crippen molar-refractivity contribution in [3.63, 3.8) is 0 Å². The van der Waals surface area contributed by atoms with Crippen molar-refractivity contribution < 1.29 is 33.3 Å². The number of hydrogen-bond acceptors (Lipinski definition) is 7. The smallest absolute Gasteiger partial charge is 0.338 e. The van der Waals surface area contributed by atoms with Crippen molar-refractivity contribution in [3.05, 3.63) is 46.0 Å². The van der Waals surface area contributed by atoms with Crippen LogP contribution in [0.3, 0.4) is 0 Å². The molecular weight excluding hydrogens is 426 g/mol. The van der Waals surface area contributed by atoms with Crippen LogP contribution in [0.2, 0.25) is 5.02 Å². The van der Waals surface area contributed by atoms with Crippen LogP contribution in [0, 0.1) is 0 Å². The molecule has 0 radical (unpaired) electrons. The van der Waals surface area contributed by atoms with Gasteiger partial charge in [0.1, 0.15) is 0 Å². The first kappa shape index (κ1) is 22.6. The predicted octanol–water partition coefficient (Wildman–Crippen LogP) is 3.12. The minimum absolute atomic E-state index is 0.163. The Morgan fingerprint density at radius 2 is 1.55 bits per heavy atom. The Balaban J connectivity index is 1.65. The van der Waals surface area contributed by atoms with Gasteiger partial charge in [0.15, 0.2) is 29.6 Å². The van der Waals surface area contributed by atoms with Gasteiger partial charge in [0, 0.05) is 13.1 Å². The fraction of sp³-hybridized carbons (Fsp3) is 0.364. The van der Waals surface area contributed by atoms with E-state index in [0.717, 1.165) is 11.1 Å². The largest absolute Gasteiger partial charge is 0.493 e. The molecule has 8 nitrogen and oxygen atoms in total. The van der Waals surface area contributed by atoms with Crippen molar-refractivity contribution in [2.75, 3.05) is 41.6 Å². The van der Waals surface area contributed by atoms with Gasteiger partial charge in [-0.3, -0.25) is 4.79 Å². The zero-order valence-electron chi connectivity index (χ0n) is 17.8. The van der Waals surface area contributed by atoms with E-state index < -0.39 is 5.97 Å². The van der Waals surface area contributed by atoms with Gasteiger partial charge in [-0.25, -0.2) is 4.79 Å². The van der Waals surface area contributed by atoms with E-state index in [4.69, 9.17) is 35.3 Å². The fourth-order valence-corrected chi connectivity index (χ4v) is 3.72. The van der Waals surface area contributed by atoms with Gasteiger partial charge in [-0.2, -0.15) is 0 Å². The summed E-state index contributed by atoms with van der Waals surface area (Å²) in [5.41, 5.74) is 2.23. The molecule has 0 saturated heterocycles. The highest BCUT2D eigenvalue weighted by molar-refractivity contribution is 6.32. The maximum atomic E-state index is 12.6. The number of fused-ring (bicyclic) bond motifs is 1. The lowest BCUT2D eigenvalue weighted by Gasteiger charge is -2.29. The summed E-state index contributed by atoms with van der Waals surface area (Å²) in [4.78, 5) is 26.7. The Bertz CT molecular complexity index is 992. The lowest BCUT2D eigenvalue weighted by molar-refractivity contribution is -0.135. The van der Waals surface area contributed by atoms with Crippen LogP contribution >= 0.6 is 11.6 Å². The molecule has 0 unspecified atom stereocenters. The van der Waals surface area contributed by atoms with E-state index in [2.05, 4.69) is 0 Å². The molecule has 0 aromatic heterocycles. The number of benzene rings is 2. The average molecular weight is 450 g/mol. The van der Waals surface area contributed by atoms with Crippen LogP contribution in [0.4, 0.5) is 0 Å². The van der Waals surface area contributed by atoms with Crippen LogP contribution < -0.4 is 18.9 Å². The minimum atomic E-state index is -0.681. The quantitative estimate of drug-likeness (QED) is 0.600. The van der Waals surface area contributed by atoms with E-state index in [9.17, 15) is 9.59 Å². The average Bonchev–Trinajstić information content (AvgIpc) is 2.80. The SMILES string of the molecule is COc1cc2c(cc1OC)CN(C(=O)COC(=O)c1cc(Cl)c(OC)c(OC)c1)CC2. The maximum Gasteiger partial charge on any atom is 0.338 e. The monoisotopic (exact) mass is 449 g/mol. The van der Waals surface area contributed by atoms with Crippen molar-refractivity contribution in [1.29, 1.82) is 0 Å². The summed E-state index contributed by atoms with van der Waals surface area (Å²) < 4.78 is 26.2. The zero-order chi connectivity index (χ0) is 22.5. The van der Waals surface area contributed by atoms with E-state index in [1.165, 1.54) is 26.4 Å². The van der Waals surface area contributed by atoms with Gasteiger partial charge in [0.05, 0.1) is 39.0 Å². The molecule has 2 aromatic rings. The van der Waals surface area contributed by atoms with Crippen molar-refractivity contribution in [2.45, 2.75) is 13.0 Å². The number of carbonyl (C=O) groups excluding carboxylic acids is 2. The van der Waals surface area contributed by atoms with Crippen LogP contribution in [0.25, 0.3) is 0 Å². The highest BCUT2D eigenvalue weighted by Gasteiger charge is 2.24. The number of ether oxygens (including phenoxy) is 5. The Hall–Kier alpha value is -3.13. The second kappa shape index (κ2) is 9.78. The summed E-state index contributed by atoms with van der Waals surface area (Å²) in [7, 11) is 6.03. The van der Waals surface area contributed by atoms with Crippen LogP contribution in [0.15, 0.2) is 24.3 Å². The molecule has 0 fully saturated rings. The minimum Gasteiger partial charge on any atom is -0.493 e. The number of hydrogen-bond donors (Lipinski definition) is 0. The van der Waals surface area contributed by atoms with Crippen molar-refractivity contribution in [3.8, 4) is 23.0 Å². The van der Waals surface area contributed by atoms with Crippen molar-refractivity contribution >= 4 is 23.5 Å². The van der Waals surface area contributed by atoms with E-state index >= 15 is 0 Å². The van der Waals surface area contributed by atoms with Crippen LogP contribution in [-0.2, 0) is 22.5 Å². The zero-order valence-corrected chi connectivity index (χ0v) is 18.6. The molecule has 3 rings (SSSR count). The summed E-state index contributed by atoms with van der Waals surface area (Å²) in [6.45, 7) is 0.530.